The fourth-order valence-electron chi connectivity index (χ4n) is 1.02. The van der Waals surface area contributed by atoms with E-state index < -0.39 is 4.92 Å². The molecule has 0 aliphatic carbocycles. The lowest BCUT2D eigenvalue weighted by Gasteiger charge is -2.04. The summed E-state index contributed by atoms with van der Waals surface area (Å²) in [6.45, 7) is 5.73. The van der Waals surface area contributed by atoms with E-state index in [0.717, 1.165) is 0 Å². The van der Waals surface area contributed by atoms with Gasteiger partial charge in [0.2, 0.25) is 0 Å². The first-order chi connectivity index (χ1) is 7.06. The lowest BCUT2D eigenvalue weighted by atomic mass is 10.2. The summed E-state index contributed by atoms with van der Waals surface area (Å²) in [4.78, 5) is 10.1. The Morgan fingerprint density at radius 1 is 1.40 bits per heavy atom. The van der Waals surface area contributed by atoms with Gasteiger partial charge in [0.1, 0.15) is 5.69 Å². The molecule has 0 radical (unpaired) electrons. The first-order valence-corrected chi connectivity index (χ1v) is 5.06. The molecule has 0 aromatic heterocycles. The average Bonchev–Trinajstić information content (AvgIpc) is 2.24. The molecule has 0 spiro atoms. The van der Waals surface area contributed by atoms with Crippen LogP contribution in [-0.2, 0) is 0 Å². The highest BCUT2D eigenvalue weighted by atomic mass is 35.5. The molecule has 0 fully saturated rings. The molecule has 0 aliphatic heterocycles. The van der Waals surface area contributed by atoms with Crippen LogP contribution in [-0.4, -0.2) is 12.0 Å². The van der Waals surface area contributed by atoms with Crippen molar-refractivity contribution in [2.75, 3.05) is 12.4 Å². The van der Waals surface area contributed by atoms with Gasteiger partial charge in [-0.3, -0.25) is 10.1 Å². The Balaban J connectivity index is 0.000000921. The lowest BCUT2D eigenvalue weighted by Crippen LogP contribution is -1.97. The smallest absolute Gasteiger partial charge is 0.292 e. The second-order valence-electron chi connectivity index (χ2n) is 2.63. The molecule has 1 rings (SSSR count). The van der Waals surface area contributed by atoms with Crippen molar-refractivity contribution in [1.29, 1.82) is 0 Å². The number of nitro benzene ring substituents is 1. The van der Waals surface area contributed by atoms with E-state index in [1.54, 1.807) is 20.0 Å². The predicted molar refractivity (Wildman–Crippen MR) is 63.7 cm³/mol. The van der Waals surface area contributed by atoms with Gasteiger partial charge in [-0.05, 0) is 18.6 Å². The standard InChI is InChI=1S/C8H9ClN2O2.C2H6/c1-5-3-8(11(12)13)7(10-2)4-6(5)9;1-2/h3-4,10H,1-2H3;1-2H3. The third kappa shape index (κ3) is 3.40. The Hall–Kier alpha value is -1.29. The van der Waals surface area contributed by atoms with Gasteiger partial charge in [0.05, 0.1) is 4.92 Å². The van der Waals surface area contributed by atoms with Crippen molar-refractivity contribution in [3.05, 3.63) is 32.8 Å². The molecular weight excluding hydrogens is 216 g/mol. The SMILES string of the molecule is CC.CNc1cc(Cl)c(C)cc1[N+](=O)[O-]. The number of benzene rings is 1. The molecule has 15 heavy (non-hydrogen) atoms. The normalized spacial score (nSPS) is 8.87. The van der Waals surface area contributed by atoms with Crippen LogP contribution < -0.4 is 5.32 Å². The fraction of sp³-hybridized carbons (Fsp3) is 0.400. The Morgan fingerprint density at radius 2 is 1.93 bits per heavy atom. The summed E-state index contributed by atoms with van der Waals surface area (Å²) in [5.41, 5.74) is 1.18. The summed E-state index contributed by atoms with van der Waals surface area (Å²) in [6.07, 6.45) is 0. The molecule has 1 aromatic rings. The number of aryl methyl sites for hydroxylation is 1. The molecule has 0 heterocycles. The van der Waals surface area contributed by atoms with Crippen LogP contribution in [0.25, 0.3) is 0 Å². The first-order valence-electron chi connectivity index (χ1n) is 4.68. The van der Waals surface area contributed by atoms with Crippen LogP contribution in [0.1, 0.15) is 19.4 Å². The zero-order valence-electron chi connectivity index (χ0n) is 9.30. The van der Waals surface area contributed by atoms with Gasteiger partial charge in [0.25, 0.3) is 5.69 Å². The Morgan fingerprint density at radius 3 is 2.33 bits per heavy atom. The maximum Gasteiger partial charge on any atom is 0.292 e. The first kappa shape index (κ1) is 13.7. The Labute approximate surface area is 94.4 Å². The van der Waals surface area contributed by atoms with Crippen molar-refractivity contribution in [3.8, 4) is 0 Å². The predicted octanol–water partition coefficient (Wildman–Crippen LogP) is 3.62. The largest absolute Gasteiger partial charge is 0.383 e. The minimum absolute atomic E-state index is 0.0457. The minimum atomic E-state index is -0.435. The molecule has 0 atom stereocenters. The van der Waals surface area contributed by atoms with Crippen molar-refractivity contribution < 1.29 is 4.92 Å². The highest BCUT2D eigenvalue weighted by Gasteiger charge is 2.14. The summed E-state index contributed by atoms with van der Waals surface area (Å²) in [6, 6.07) is 3.00. The van der Waals surface area contributed by atoms with Gasteiger partial charge in [-0.25, -0.2) is 0 Å². The van der Waals surface area contributed by atoms with E-state index in [0.29, 0.717) is 16.3 Å². The number of halogens is 1. The van der Waals surface area contributed by atoms with E-state index in [1.807, 2.05) is 13.8 Å². The summed E-state index contributed by atoms with van der Waals surface area (Å²) >= 11 is 5.81. The van der Waals surface area contributed by atoms with Crippen molar-refractivity contribution >= 4 is 23.0 Å². The molecule has 0 saturated heterocycles. The zero-order valence-corrected chi connectivity index (χ0v) is 10.1. The zero-order chi connectivity index (χ0) is 12.0. The minimum Gasteiger partial charge on any atom is -0.383 e. The Bertz CT molecular complexity index is 354. The number of hydrogen-bond donors (Lipinski definition) is 1. The maximum atomic E-state index is 10.6. The molecule has 0 amide bonds. The molecule has 0 saturated carbocycles. The number of nitrogens with zero attached hydrogens (tertiary/aromatic N) is 1. The topological polar surface area (TPSA) is 55.2 Å². The third-order valence-electron chi connectivity index (χ3n) is 1.74. The monoisotopic (exact) mass is 230 g/mol. The van der Waals surface area contributed by atoms with Crippen molar-refractivity contribution in [1.82, 2.24) is 0 Å². The molecule has 5 heteroatoms. The number of anilines is 1. The highest BCUT2D eigenvalue weighted by molar-refractivity contribution is 6.31. The van der Waals surface area contributed by atoms with Crippen molar-refractivity contribution in [2.45, 2.75) is 20.8 Å². The van der Waals surface area contributed by atoms with Crippen LogP contribution in [0.3, 0.4) is 0 Å². The van der Waals surface area contributed by atoms with Gasteiger partial charge in [-0.2, -0.15) is 0 Å². The summed E-state index contributed by atoms with van der Waals surface area (Å²) in [7, 11) is 1.62. The maximum absolute atomic E-state index is 10.6. The molecule has 0 bridgehead atoms. The van der Waals surface area contributed by atoms with Gasteiger partial charge in [0, 0.05) is 18.1 Å². The van der Waals surface area contributed by atoms with Crippen LogP contribution >= 0.6 is 11.6 Å². The fourth-order valence-corrected chi connectivity index (χ4v) is 1.18. The summed E-state index contributed by atoms with van der Waals surface area (Å²) in [5.74, 6) is 0. The molecule has 0 unspecified atom stereocenters. The quantitative estimate of drug-likeness (QED) is 0.624. The average molecular weight is 231 g/mol. The van der Waals surface area contributed by atoms with Gasteiger partial charge in [0.15, 0.2) is 0 Å². The van der Waals surface area contributed by atoms with Crippen LogP contribution in [0.2, 0.25) is 5.02 Å². The summed E-state index contributed by atoms with van der Waals surface area (Å²) < 4.78 is 0. The Kier molecular flexibility index (Phi) is 5.70. The van der Waals surface area contributed by atoms with E-state index in [-0.39, 0.29) is 5.69 Å². The third-order valence-corrected chi connectivity index (χ3v) is 2.15. The van der Waals surface area contributed by atoms with Crippen molar-refractivity contribution in [2.24, 2.45) is 0 Å². The molecule has 0 aliphatic rings. The molecule has 84 valence electrons. The second kappa shape index (κ2) is 6.24. The summed E-state index contributed by atoms with van der Waals surface area (Å²) in [5, 5.41) is 13.8. The van der Waals surface area contributed by atoms with E-state index in [2.05, 4.69) is 5.32 Å². The van der Waals surface area contributed by atoms with E-state index in [9.17, 15) is 10.1 Å². The van der Waals surface area contributed by atoms with Gasteiger partial charge >= 0.3 is 0 Å². The molecule has 1 aromatic carbocycles. The van der Waals surface area contributed by atoms with Crippen LogP contribution in [0, 0.1) is 17.0 Å². The second-order valence-corrected chi connectivity index (χ2v) is 3.03. The van der Waals surface area contributed by atoms with Gasteiger partial charge in [-0.15, -0.1) is 0 Å². The molecule has 1 N–H and O–H groups in total. The molecular formula is C10H15ClN2O2. The van der Waals surface area contributed by atoms with Crippen LogP contribution in [0.4, 0.5) is 11.4 Å². The van der Waals surface area contributed by atoms with E-state index in [1.165, 1.54) is 6.07 Å². The van der Waals surface area contributed by atoms with Gasteiger partial charge < -0.3 is 5.32 Å². The van der Waals surface area contributed by atoms with E-state index >= 15 is 0 Å². The van der Waals surface area contributed by atoms with Crippen LogP contribution in [0.15, 0.2) is 12.1 Å². The number of nitrogens with one attached hydrogen (secondary N) is 1. The van der Waals surface area contributed by atoms with Crippen LogP contribution in [0.5, 0.6) is 0 Å². The highest BCUT2D eigenvalue weighted by Crippen LogP contribution is 2.30. The van der Waals surface area contributed by atoms with E-state index in [4.69, 9.17) is 11.6 Å². The lowest BCUT2D eigenvalue weighted by molar-refractivity contribution is -0.384. The molecule has 4 nitrogen and oxygen atoms in total. The number of rotatable bonds is 2. The number of nitro groups is 1. The van der Waals surface area contributed by atoms with Crippen molar-refractivity contribution in [3.63, 3.8) is 0 Å². The number of hydrogen-bond acceptors (Lipinski definition) is 3. The van der Waals surface area contributed by atoms with Gasteiger partial charge in [-0.1, -0.05) is 25.4 Å².